The summed E-state index contributed by atoms with van der Waals surface area (Å²) in [6.45, 7) is 15.6. The average molecular weight is 227 g/mol. The van der Waals surface area contributed by atoms with Gasteiger partial charge in [-0.25, -0.2) is 0 Å². The van der Waals surface area contributed by atoms with E-state index < -0.39 is 0 Å². The van der Waals surface area contributed by atoms with Gasteiger partial charge >= 0.3 is 0 Å². The SMILES string of the molecule is CCOC1CC(NCC(C)(C)CC)C1(C)C. The summed E-state index contributed by atoms with van der Waals surface area (Å²) in [5.74, 6) is 0. The standard InChI is InChI=1S/C14H29NO/c1-7-13(3,4)10-15-11-9-12(16-8-2)14(11,5)6/h11-12,15H,7-10H2,1-6H3. The van der Waals surface area contributed by atoms with E-state index >= 15 is 0 Å². The molecule has 1 rings (SSSR count). The molecule has 1 aliphatic rings. The Morgan fingerprint density at radius 3 is 2.38 bits per heavy atom. The van der Waals surface area contributed by atoms with E-state index in [1.807, 2.05) is 0 Å². The van der Waals surface area contributed by atoms with Crippen LogP contribution in [0.3, 0.4) is 0 Å². The molecular formula is C14H29NO. The molecule has 2 atom stereocenters. The van der Waals surface area contributed by atoms with E-state index in [0.717, 1.165) is 13.2 Å². The quantitative estimate of drug-likeness (QED) is 0.752. The number of nitrogens with one attached hydrogen (secondary N) is 1. The molecule has 0 bridgehead atoms. The van der Waals surface area contributed by atoms with E-state index in [2.05, 4.69) is 46.9 Å². The van der Waals surface area contributed by atoms with Gasteiger partial charge in [0.15, 0.2) is 0 Å². The lowest BCUT2D eigenvalue weighted by Crippen LogP contribution is -2.61. The number of hydrogen-bond acceptors (Lipinski definition) is 2. The van der Waals surface area contributed by atoms with Gasteiger partial charge in [-0.3, -0.25) is 0 Å². The average Bonchev–Trinajstić information content (AvgIpc) is 2.22. The molecule has 1 fully saturated rings. The lowest BCUT2D eigenvalue weighted by molar-refractivity contribution is -0.115. The Hall–Kier alpha value is -0.0800. The van der Waals surface area contributed by atoms with Gasteiger partial charge in [0.25, 0.3) is 0 Å². The molecule has 96 valence electrons. The summed E-state index contributed by atoms with van der Waals surface area (Å²) in [4.78, 5) is 0. The second kappa shape index (κ2) is 5.05. The Kier molecular flexibility index (Phi) is 4.42. The van der Waals surface area contributed by atoms with Crippen LogP contribution in [0.1, 0.15) is 54.4 Å². The van der Waals surface area contributed by atoms with Crippen LogP contribution in [0.5, 0.6) is 0 Å². The second-order valence-corrected chi connectivity index (χ2v) is 6.45. The summed E-state index contributed by atoms with van der Waals surface area (Å²) in [5, 5.41) is 3.71. The molecule has 1 N–H and O–H groups in total. The molecular weight excluding hydrogens is 198 g/mol. The molecule has 0 heterocycles. The van der Waals surface area contributed by atoms with Gasteiger partial charge in [0.2, 0.25) is 0 Å². The highest BCUT2D eigenvalue weighted by atomic mass is 16.5. The Labute approximate surface area is 101 Å². The zero-order valence-electron chi connectivity index (χ0n) is 11.9. The highest BCUT2D eigenvalue weighted by molar-refractivity contribution is 5.03. The fourth-order valence-electron chi connectivity index (χ4n) is 2.24. The summed E-state index contributed by atoms with van der Waals surface area (Å²) in [6.07, 6.45) is 2.84. The summed E-state index contributed by atoms with van der Waals surface area (Å²) in [7, 11) is 0. The van der Waals surface area contributed by atoms with Crippen molar-refractivity contribution in [1.29, 1.82) is 0 Å². The van der Waals surface area contributed by atoms with Gasteiger partial charge in [0.1, 0.15) is 0 Å². The van der Waals surface area contributed by atoms with Gasteiger partial charge in [-0.15, -0.1) is 0 Å². The second-order valence-electron chi connectivity index (χ2n) is 6.45. The molecule has 0 saturated heterocycles. The molecule has 0 aromatic heterocycles. The van der Waals surface area contributed by atoms with Gasteiger partial charge < -0.3 is 10.1 Å². The molecule has 0 aliphatic heterocycles. The van der Waals surface area contributed by atoms with Crippen molar-refractivity contribution in [2.24, 2.45) is 10.8 Å². The van der Waals surface area contributed by atoms with E-state index in [-0.39, 0.29) is 0 Å². The van der Waals surface area contributed by atoms with Crippen LogP contribution in [-0.2, 0) is 4.74 Å². The maximum atomic E-state index is 5.74. The van der Waals surface area contributed by atoms with Crippen molar-refractivity contribution in [1.82, 2.24) is 5.32 Å². The van der Waals surface area contributed by atoms with Crippen LogP contribution in [0.25, 0.3) is 0 Å². The van der Waals surface area contributed by atoms with E-state index in [1.54, 1.807) is 0 Å². The molecule has 2 nitrogen and oxygen atoms in total. The van der Waals surface area contributed by atoms with Crippen molar-refractivity contribution < 1.29 is 4.74 Å². The minimum Gasteiger partial charge on any atom is -0.378 e. The highest BCUT2D eigenvalue weighted by Gasteiger charge is 2.48. The first-order valence-electron chi connectivity index (χ1n) is 6.68. The van der Waals surface area contributed by atoms with E-state index in [9.17, 15) is 0 Å². The largest absolute Gasteiger partial charge is 0.378 e. The van der Waals surface area contributed by atoms with Crippen LogP contribution in [-0.4, -0.2) is 25.3 Å². The highest BCUT2D eigenvalue weighted by Crippen LogP contribution is 2.43. The first kappa shape index (κ1) is 14.0. The summed E-state index contributed by atoms with van der Waals surface area (Å²) < 4.78 is 5.74. The minimum absolute atomic E-state index is 0.291. The smallest absolute Gasteiger partial charge is 0.0655 e. The van der Waals surface area contributed by atoms with Crippen LogP contribution < -0.4 is 5.32 Å². The normalized spacial score (nSPS) is 28.9. The third kappa shape index (κ3) is 2.98. The molecule has 0 spiro atoms. The van der Waals surface area contributed by atoms with Gasteiger partial charge in [-0.1, -0.05) is 34.6 Å². The molecule has 16 heavy (non-hydrogen) atoms. The predicted molar refractivity (Wildman–Crippen MR) is 69.7 cm³/mol. The fourth-order valence-corrected chi connectivity index (χ4v) is 2.24. The van der Waals surface area contributed by atoms with E-state index in [0.29, 0.717) is 23.0 Å². The Morgan fingerprint density at radius 1 is 1.31 bits per heavy atom. The van der Waals surface area contributed by atoms with Crippen molar-refractivity contribution in [2.45, 2.75) is 66.5 Å². The number of ether oxygens (including phenoxy) is 1. The van der Waals surface area contributed by atoms with Crippen molar-refractivity contribution in [3.05, 3.63) is 0 Å². The first-order chi connectivity index (χ1) is 7.33. The monoisotopic (exact) mass is 227 g/mol. The van der Waals surface area contributed by atoms with Crippen LogP contribution >= 0.6 is 0 Å². The summed E-state index contributed by atoms with van der Waals surface area (Å²) in [5.41, 5.74) is 0.701. The number of rotatable bonds is 6. The topological polar surface area (TPSA) is 21.3 Å². The van der Waals surface area contributed by atoms with Gasteiger partial charge in [-0.05, 0) is 25.2 Å². The maximum Gasteiger partial charge on any atom is 0.0655 e. The molecule has 1 saturated carbocycles. The lowest BCUT2D eigenvalue weighted by atomic mass is 9.64. The summed E-state index contributed by atoms with van der Waals surface area (Å²) in [6, 6.07) is 0.620. The molecule has 2 heteroatoms. The first-order valence-corrected chi connectivity index (χ1v) is 6.68. The lowest BCUT2D eigenvalue weighted by Gasteiger charge is -2.52. The van der Waals surface area contributed by atoms with Crippen LogP contribution in [0.4, 0.5) is 0 Å². The molecule has 0 aromatic carbocycles. The molecule has 0 amide bonds. The van der Waals surface area contributed by atoms with Crippen molar-refractivity contribution >= 4 is 0 Å². The summed E-state index contributed by atoms with van der Waals surface area (Å²) >= 11 is 0. The van der Waals surface area contributed by atoms with Crippen molar-refractivity contribution in [3.8, 4) is 0 Å². The third-order valence-corrected chi connectivity index (χ3v) is 4.33. The fraction of sp³-hybridized carbons (Fsp3) is 1.00. The van der Waals surface area contributed by atoms with Gasteiger partial charge in [0.05, 0.1) is 6.10 Å². The zero-order valence-corrected chi connectivity index (χ0v) is 11.9. The van der Waals surface area contributed by atoms with Crippen LogP contribution in [0.2, 0.25) is 0 Å². The zero-order chi connectivity index (χ0) is 12.4. The van der Waals surface area contributed by atoms with E-state index in [4.69, 9.17) is 4.74 Å². The van der Waals surface area contributed by atoms with E-state index in [1.165, 1.54) is 12.8 Å². The van der Waals surface area contributed by atoms with Gasteiger partial charge in [-0.2, -0.15) is 0 Å². The third-order valence-electron chi connectivity index (χ3n) is 4.33. The Morgan fingerprint density at radius 2 is 1.94 bits per heavy atom. The molecule has 0 radical (unpaired) electrons. The minimum atomic E-state index is 0.291. The van der Waals surface area contributed by atoms with Crippen molar-refractivity contribution in [3.63, 3.8) is 0 Å². The van der Waals surface area contributed by atoms with Gasteiger partial charge in [0, 0.05) is 24.6 Å². The van der Waals surface area contributed by atoms with Crippen LogP contribution in [0.15, 0.2) is 0 Å². The molecule has 2 unspecified atom stereocenters. The molecule has 1 aliphatic carbocycles. The van der Waals surface area contributed by atoms with Crippen molar-refractivity contribution in [2.75, 3.05) is 13.2 Å². The van der Waals surface area contributed by atoms with Crippen LogP contribution in [0, 0.1) is 10.8 Å². The Bertz CT molecular complexity index is 223. The number of hydrogen-bond donors (Lipinski definition) is 1. The Balaban J connectivity index is 2.36. The molecule has 0 aromatic rings. The maximum absolute atomic E-state index is 5.74. The predicted octanol–water partition coefficient (Wildman–Crippen LogP) is 3.22.